The number of hydrogen-bond acceptors (Lipinski definition) is 9. The fraction of sp³-hybridized carbons (Fsp3) is 0.290. The second-order valence-electron chi connectivity index (χ2n) is 10.2. The van der Waals surface area contributed by atoms with E-state index in [4.69, 9.17) is 19.6 Å². The number of nitrogens with zero attached hydrogens (tertiary/aromatic N) is 4. The summed E-state index contributed by atoms with van der Waals surface area (Å²) in [6.07, 6.45) is 3.18. The number of aromatic nitrogens is 2. The molecule has 4 aromatic rings. The molecule has 1 saturated heterocycles. The number of anilines is 1. The summed E-state index contributed by atoms with van der Waals surface area (Å²) in [5, 5.41) is 20.4. The van der Waals surface area contributed by atoms with Gasteiger partial charge >= 0.3 is 0 Å². The van der Waals surface area contributed by atoms with Crippen LogP contribution in [-0.2, 0) is 21.6 Å². The van der Waals surface area contributed by atoms with E-state index in [1.807, 2.05) is 38.1 Å². The zero-order chi connectivity index (χ0) is 29.1. The van der Waals surface area contributed by atoms with Crippen molar-refractivity contribution in [3.8, 4) is 34.7 Å². The molecular weight excluding hydrogens is 541 g/mol. The normalized spacial score (nSPS) is 15.9. The van der Waals surface area contributed by atoms with Gasteiger partial charge < -0.3 is 19.6 Å². The van der Waals surface area contributed by atoms with Gasteiger partial charge in [0.1, 0.15) is 40.6 Å². The highest BCUT2D eigenvalue weighted by atomic mass is 32.2. The number of pyridine rings is 1. The number of halogens is 1. The Morgan fingerprint density at radius 3 is 2.46 bits per heavy atom. The Balaban J connectivity index is 1.35. The van der Waals surface area contributed by atoms with Crippen molar-refractivity contribution in [2.45, 2.75) is 56.3 Å². The van der Waals surface area contributed by atoms with Crippen molar-refractivity contribution in [1.82, 2.24) is 9.97 Å². The summed E-state index contributed by atoms with van der Waals surface area (Å²) < 4.78 is 30.8. The van der Waals surface area contributed by atoms with Gasteiger partial charge in [0.15, 0.2) is 5.79 Å². The Labute approximate surface area is 241 Å². The summed E-state index contributed by atoms with van der Waals surface area (Å²) >= 11 is 1.27. The Hall–Kier alpha value is -4.22. The fourth-order valence-electron chi connectivity index (χ4n) is 4.69. The van der Waals surface area contributed by atoms with Crippen LogP contribution in [-0.4, -0.2) is 28.5 Å². The minimum Gasteiger partial charge on any atom is -0.444 e. The summed E-state index contributed by atoms with van der Waals surface area (Å²) in [5.41, 5.74) is 10.7. The van der Waals surface area contributed by atoms with Gasteiger partial charge in [0.2, 0.25) is 5.89 Å². The number of rotatable bonds is 8. The third-order valence-corrected chi connectivity index (χ3v) is 7.80. The van der Waals surface area contributed by atoms with Gasteiger partial charge in [0.05, 0.1) is 24.0 Å². The molecule has 1 aliphatic rings. The molecule has 1 atom stereocenters. The largest absolute Gasteiger partial charge is 0.444 e. The second-order valence-corrected chi connectivity index (χ2v) is 11.2. The molecular formula is C31H28FN5O3S. The molecule has 0 bridgehead atoms. The SMILES string of the molecule is Cc1cc(-c2nc(CSc3nc(N)c(C#N)c(-c4ccc(CC[C@H]5COC(C)(C)O5)cc4)c3C#N)co2)ccc1F. The first kappa shape index (κ1) is 28.3. The molecule has 2 aromatic carbocycles. The first-order valence-corrected chi connectivity index (χ1v) is 14.0. The van der Waals surface area contributed by atoms with Gasteiger partial charge in [-0.15, -0.1) is 0 Å². The Bertz CT molecular complexity index is 1670. The maximum Gasteiger partial charge on any atom is 0.226 e. The quantitative estimate of drug-likeness (QED) is 0.235. The molecule has 10 heteroatoms. The molecule has 0 unspecified atom stereocenters. The molecule has 0 spiro atoms. The lowest BCUT2D eigenvalue weighted by molar-refractivity contribution is -0.138. The average molecular weight is 570 g/mol. The van der Waals surface area contributed by atoms with Crippen LogP contribution < -0.4 is 5.73 Å². The van der Waals surface area contributed by atoms with Crippen molar-refractivity contribution in [3.63, 3.8) is 0 Å². The number of aryl methyl sites for hydroxylation is 2. The predicted octanol–water partition coefficient (Wildman–Crippen LogP) is 6.55. The predicted molar refractivity (Wildman–Crippen MR) is 153 cm³/mol. The number of oxazole rings is 1. The topological polar surface area (TPSA) is 131 Å². The van der Waals surface area contributed by atoms with Gasteiger partial charge in [-0.3, -0.25) is 0 Å². The van der Waals surface area contributed by atoms with Gasteiger partial charge in [0, 0.05) is 16.9 Å². The van der Waals surface area contributed by atoms with Crippen molar-refractivity contribution in [1.29, 1.82) is 10.5 Å². The molecule has 5 rings (SSSR count). The number of ether oxygens (including phenoxy) is 2. The molecule has 2 N–H and O–H groups in total. The number of benzene rings is 2. The monoisotopic (exact) mass is 569 g/mol. The van der Waals surface area contributed by atoms with E-state index in [0.717, 1.165) is 18.4 Å². The molecule has 0 aliphatic carbocycles. The summed E-state index contributed by atoms with van der Waals surface area (Å²) in [6.45, 7) is 6.06. The van der Waals surface area contributed by atoms with Crippen LogP contribution in [0.25, 0.3) is 22.6 Å². The number of thioether (sulfide) groups is 1. The minimum absolute atomic E-state index is 0.0419. The van der Waals surface area contributed by atoms with Crippen molar-refractivity contribution >= 4 is 17.6 Å². The third-order valence-electron chi connectivity index (χ3n) is 6.79. The van der Waals surface area contributed by atoms with Crippen molar-refractivity contribution in [3.05, 3.63) is 82.5 Å². The number of nitriles is 2. The van der Waals surface area contributed by atoms with Crippen LogP contribution in [0.15, 0.2) is 58.2 Å². The second kappa shape index (κ2) is 11.7. The zero-order valence-electron chi connectivity index (χ0n) is 22.9. The van der Waals surface area contributed by atoms with E-state index in [-0.39, 0.29) is 28.9 Å². The summed E-state index contributed by atoms with van der Waals surface area (Å²) in [4.78, 5) is 8.88. The highest BCUT2D eigenvalue weighted by molar-refractivity contribution is 7.98. The molecule has 1 fully saturated rings. The number of nitrogens with two attached hydrogens (primary N) is 1. The molecule has 0 amide bonds. The molecule has 2 aromatic heterocycles. The molecule has 0 radical (unpaired) electrons. The number of hydrogen-bond donors (Lipinski definition) is 1. The highest BCUT2D eigenvalue weighted by Gasteiger charge is 2.32. The summed E-state index contributed by atoms with van der Waals surface area (Å²) in [5.74, 6) is -0.0821. The zero-order valence-corrected chi connectivity index (χ0v) is 23.7. The van der Waals surface area contributed by atoms with Crippen molar-refractivity contribution in [2.75, 3.05) is 12.3 Å². The fourth-order valence-corrected chi connectivity index (χ4v) is 5.56. The van der Waals surface area contributed by atoms with Gasteiger partial charge in [-0.2, -0.15) is 10.5 Å². The maximum atomic E-state index is 13.7. The maximum absolute atomic E-state index is 13.7. The molecule has 8 nitrogen and oxygen atoms in total. The molecule has 0 saturated carbocycles. The average Bonchev–Trinajstić information content (AvgIpc) is 3.58. The lowest BCUT2D eigenvalue weighted by atomic mass is 9.95. The first-order valence-electron chi connectivity index (χ1n) is 13.1. The van der Waals surface area contributed by atoms with Gasteiger partial charge in [-0.1, -0.05) is 36.0 Å². The van der Waals surface area contributed by atoms with E-state index in [1.54, 1.807) is 19.1 Å². The molecule has 41 heavy (non-hydrogen) atoms. The first-order chi connectivity index (χ1) is 19.7. The van der Waals surface area contributed by atoms with E-state index in [1.165, 1.54) is 24.1 Å². The molecule has 3 heterocycles. The lowest BCUT2D eigenvalue weighted by Gasteiger charge is -2.17. The summed E-state index contributed by atoms with van der Waals surface area (Å²) in [6, 6.07) is 16.8. The van der Waals surface area contributed by atoms with Crippen LogP contribution in [0, 0.1) is 35.4 Å². The van der Waals surface area contributed by atoms with Crippen LogP contribution >= 0.6 is 11.8 Å². The van der Waals surface area contributed by atoms with E-state index < -0.39 is 5.79 Å². The van der Waals surface area contributed by atoms with Gasteiger partial charge in [0.25, 0.3) is 0 Å². The van der Waals surface area contributed by atoms with E-state index in [9.17, 15) is 14.9 Å². The molecule has 1 aliphatic heterocycles. The van der Waals surface area contributed by atoms with Crippen LogP contribution in [0.3, 0.4) is 0 Å². The minimum atomic E-state index is -0.551. The van der Waals surface area contributed by atoms with E-state index in [0.29, 0.717) is 51.2 Å². The summed E-state index contributed by atoms with van der Waals surface area (Å²) in [7, 11) is 0. The number of nitrogen functional groups attached to an aromatic ring is 1. The Morgan fingerprint density at radius 2 is 1.80 bits per heavy atom. The lowest BCUT2D eigenvalue weighted by Crippen LogP contribution is -2.21. The van der Waals surface area contributed by atoms with Crippen LogP contribution in [0.1, 0.15) is 48.2 Å². The van der Waals surface area contributed by atoms with Crippen molar-refractivity contribution in [2.24, 2.45) is 0 Å². The van der Waals surface area contributed by atoms with Crippen LogP contribution in [0.5, 0.6) is 0 Å². The van der Waals surface area contributed by atoms with Gasteiger partial charge in [-0.05, 0) is 68.5 Å². The van der Waals surface area contributed by atoms with Crippen molar-refractivity contribution < 1.29 is 18.3 Å². The smallest absolute Gasteiger partial charge is 0.226 e. The standard InChI is InChI=1S/C31H28FN5O3S/c1-18-12-21(9-11-26(18)32)29-36-22(15-38-29)17-41-30-25(14-34)27(24(13-33)28(35)37-30)20-7-4-19(5-8-20)6-10-23-16-39-31(2,3)40-23/h4-5,7-9,11-12,15,23H,6,10,16-17H2,1-3H3,(H2,35,37)/t23-/m0/s1. The van der Waals surface area contributed by atoms with E-state index >= 15 is 0 Å². The Kier molecular flexibility index (Phi) is 8.09. The van der Waals surface area contributed by atoms with Crippen LogP contribution in [0.2, 0.25) is 0 Å². The van der Waals surface area contributed by atoms with Crippen LogP contribution in [0.4, 0.5) is 10.2 Å². The highest BCUT2D eigenvalue weighted by Crippen LogP contribution is 2.37. The third kappa shape index (κ3) is 6.26. The molecule has 208 valence electrons. The van der Waals surface area contributed by atoms with Gasteiger partial charge in [-0.25, -0.2) is 14.4 Å². The van der Waals surface area contributed by atoms with E-state index in [2.05, 4.69) is 22.1 Å². The Morgan fingerprint density at radius 1 is 1.07 bits per heavy atom.